The smallest absolute Gasteiger partial charge is 0.0967 e. The third-order valence-electron chi connectivity index (χ3n) is 6.23. The average molecular weight is 468 g/mol. The summed E-state index contributed by atoms with van der Waals surface area (Å²) < 4.78 is 0. The molecule has 0 unspecified atom stereocenters. The van der Waals surface area contributed by atoms with Gasteiger partial charge in [-0.3, -0.25) is 9.98 Å². The summed E-state index contributed by atoms with van der Waals surface area (Å²) in [4.78, 5) is 14.2. The molecule has 0 N–H and O–H groups in total. The van der Waals surface area contributed by atoms with E-state index in [1.165, 1.54) is 0 Å². The number of nitrogens with zero attached hydrogens (tertiary/aromatic N) is 3. The van der Waals surface area contributed by atoms with E-state index in [4.69, 9.17) is 4.98 Å². The summed E-state index contributed by atoms with van der Waals surface area (Å²) in [6, 6.07) is 18.3. The van der Waals surface area contributed by atoms with Gasteiger partial charge in [-0.1, -0.05) is 93.1 Å². The molecule has 3 aromatic carbocycles. The van der Waals surface area contributed by atoms with Crippen molar-refractivity contribution >= 4 is 63.1 Å². The van der Waals surface area contributed by atoms with Gasteiger partial charge in [0, 0.05) is 35.0 Å². The lowest BCUT2D eigenvalue weighted by Gasteiger charge is -2.15. The minimum Gasteiger partial charge on any atom is -0.286 e. The van der Waals surface area contributed by atoms with Gasteiger partial charge in [0.2, 0.25) is 0 Å². The average Bonchev–Trinajstić information content (AvgIpc) is 2.92. The Labute approximate surface area is 213 Å². The van der Waals surface area contributed by atoms with Crippen molar-refractivity contribution < 1.29 is 0 Å². The summed E-state index contributed by atoms with van der Waals surface area (Å²) in [5.74, 6) is 0. The highest BCUT2D eigenvalue weighted by molar-refractivity contribution is 6.23. The van der Waals surface area contributed by atoms with Crippen molar-refractivity contribution in [1.29, 1.82) is 0 Å². The molecule has 0 atom stereocenters. The van der Waals surface area contributed by atoms with Crippen LogP contribution in [0.5, 0.6) is 0 Å². The minimum atomic E-state index is 0.751. The molecule has 0 aliphatic heterocycles. The predicted molar refractivity (Wildman–Crippen MR) is 160 cm³/mol. The van der Waals surface area contributed by atoms with Crippen molar-refractivity contribution in [3.63, 3.8) is 0 Å². The Bertz CT molecular complexity index is 1610. The molecule has 4 rings (SSSR count). The van der Waals surface area contributed by atoms with Gasteiger partial charge in [0.1, 0.15) is 0 Å². The summed E-state index contributed by atoms with van der Waals surface area (Å²) in [7, 11) is 1.79. The number of fused-ring (bicyclic) bond motifs is 3. The lowest BCUT2D eigenvalue weighted by atomic mass is 9.92. The first-order valence-corrected chi connectivity index (χ1v) is 11.8. The molecule has 0 aliphatic rings. The highest BCUT2D eigenvalue weighted by atomic mass is 14.8. The van der Waals surface area contributed by atoms with Crippen LogP contribution in [-0.4, -0.2) is 24.0 Å². The summed E-state index contributed by atoms with van der Waals surface area (Å²) in [5.41, 5.74) is 8.20. The van der Waals surface area contributed by atoms with Gasteiger partial charge >= 0.3 is 0 Å². The molecule has 36 heavy (non-hydrogen) atoms. The lowest BCUT2D eigenvalue weighted by molar-refractivity contribution is 1.36. The number of rotatable bonds is 8. The molecule has 0 aliphatic carbocycles. The zero-order chi connectivity index (χ0) is 25.7. The van der Waals surface area contributed by atoms with Gasteiger partial charge < -0.3 is 0 Å². The number of hydrogen-bond acceptors (Lipinski definition) is 3. The van der Waals surface area contributed by atoms with Crippen molar-refractivity contribution in [3.05, 3.63) is 121 Å². The van der Waals surface area contributed by atoms with Crippen molar-refractivity contribution in [2.24, 2.45) is 9.98 Å². The number of aliphatic imine (C=N–C) groups is 2. The van der Waals surface area contributed by atoms with Crippen LogP contribution in [0.4, 0.5) is 5.69 Å². The zero-order valence-corrected chi connectivity index (χ0v) is 20.8. The van der Waals surface area contributed by atoms with Crippen LogP contribution in [0.1, 0.15) is 34.9 Å². The molecular formula is C33H29N3. The fourth-order valence-electron chi connectivity index (χ4n) is 4.58. The van der Waals surface area contributed by atoms with Gasteiger partial charge in [-0.25, -0.2) is 4.98 Å². The van der Waals surface area contributed by atoms with Gasteiger partial charge in [-0.05, 0) is 47.4 Å². The molecule has 0 radical (unpaired) electrons. The fraction of sp³-hybridized carbons (Fsp3) is 0.0606. The van der Waals surface area contributed by atoms with Crippen LogP contribution in [0.15, 0.2) is 103 Å². The second-order valence-corrected chi connectivity index (χ2v) is 8.12. The molecule has 0 amide bonds. The van der Waals surface area contributed by atoms with E-state index in [1.54, 1.807) is 13.3 Å². The predicted octanol–water partition coefficient (Wildman–Crippen LogP) is 8.73. The first-order chi connectivity index (χ1) is 17.6. The molecule has 1 aromatic heterocycles. The van der Waals surface area contributed by atoms with Gasteiger partial charge in [-0.15, -0.1) is 0 Å². The Morgan fingerprint density at radius 2 is 1.61 bits per heavy atom. The molecule has 3 heteroatoms. The number of pyridine rings is 1. The molecule has 0 saturated heterocycles. The van der Waals surface area contributed by atoms with Gasteiger partial charge in [0.15, 0.2) is 0 Å². The second kappa shape index (κ2) is 10.7. The Morgan fingerprint density at radius 3 is 2.28 bits per heavy atom. The standard InChI is InChI=1S/C33H29N3/c1-7-22-19-20-28-32(24(22)9-3)27-15-12-13-17-30(27)36-33(28)31(34-6)21-23(8-2)26-16-14-18-29(35-11-5)25(26)10-4/h7-21H,1-4H2,5-6H3/b23-21+,34-31?,35-11?. The molecule has 0 spiro atoms. The van der Waals surface area contributed by atoms with Crippen LogP contribution in [0.25, 0.3) is 45.5 Å². The highest BCUT2D eigenvalue weighted by Gasteiger charge is 2.16. The van der Waals surface area contributed by atoms with Crippen LogP contribution >= 0.6 is 0 Å². The van der Waals surface area contributed by atoms with Crippen LogP contribution in [0.2, 0.25) is 0 Å². The highest BCUT2D eigenvalue weighted by Crippen LogP contribution is 2.34. The molecular weight excluding hydrogens is 438 g/mol. The van der Waals surface area contributed by atoms with Crippen molar-refractivity contribution in [2.75, 3.05) is 7.05 Å². The summed E-state index contributed by atoms with van der Waals surface area (Å²) in [6.07, 6.45) is 11.2. The normalized spacial score (nSPS) is 12.3. The van der Waals surface area contributed by atoms with Crippen molar-refractivity contribution in [2.45, 2.75) is 6.92 Å². The topological polar surface area (TPSA) is 37.6 Å². The van der Waals surface area contributed by atoms with E-state index in [9.17, 15) is 0 Å². The van der Waals surface area contributed by atoms with Crippen molar-refractivity contribution in [1.82, 2.24) is 4.98 Å². The van der Waals surface area contributed by atoms with E-state index in [-0.39, 0.29) is 0 Å². The monoisotopic (exact) mass is 467 g/mol. The number of allylic oxidation sites excluding steroid dienone is 3. The van der Waals surface area contributed by atoms with Gasteiger partial charge in [-0.2, -0.15) is 0 Å². The van der Waals surface area contributed by atoms with Crippen LogP contribution in [-0.2, 0) is 0 Å². The number of aromatic nitrogens is 1. The fourth-order valence-corrected chi connectivity index (χ4v) is 4.58. The molecule has 0 saturated carbocycles. The minimum absolute atomic E-state index is 0.751. The first kappa shape index (κ1) is 24.5. The third kappa shape index (κ3) is 4.27. The third-order valence-corrected chi connectivity index (χ3v) is 6.23. The Hall–Kier alpha value is -4.63. The number of para-hydroxylation sites is 1. The largest absolute Gasteiger partial charge is 0.286 e. The quantitative estimate of drug-likeness (QED) is 0.145. The van der Waals surface area contributed by atoms with E-state index in [2.05, 4.69) is 54.5 Å². The van der Waals surface area contributed by atoms with Crippen LogP contribution in [0.3, 0.4) is 0 Å². The first-order valence-electron chi connectivity index (χ1n) is 11.8. The molecule has 0 fully saturated rings. The number of benzene rings is 3. The number of hydrogen-bond donors (Lipinski definition) is 0. The van der Waals surface area contributed by atoms with Crippen molar-refractivity contribution in [3.8, 4) is 0 Å². The van der Waals surface area contributed by atoms with E-state index >= 15 is 0 Å². The van der Waals surface area contributed by atoms with E-state index in [0.717, 1.165) is 66.6 Å². The van der Waals surface area contributed by atoms with Crippen LogP contribution < -0.4 is 0 Å². The SMILES string of the molecule is C=C/C(=C\C(=NC)c1nc2ccccc2c2c(C=C)c(C=C)ccc12)c1cccc(N=CC)c1C=C. The molecule has 3 nitrogen and oxygen atoms in total. The Morgan fingerprint density at radius 1 is 0.833 bits per heavy atom. The maximum atomic E-state index is 5.06. The van der Waals surface area contributed by atoms with E-state index < -0.39 is 0 Å². The lowest BCUT2D eigenvalue weighted by Crippen LogP contribution is -2.05. The van der Waals surface area contributed by atoms with Gasteiger partial charge in [0.25, 0.3) is 0 Å². The molecule has 0 bridgehead atoms. The van der Waals surface area contributed by atoms with E-state index in [0.29, 0.717) is 0 Å². The molecule has 4 aromatic rings. The molecule has 1 heterocycles. The zero-order valence-electron chi connectivity index (χ0n) is 20.8. The maximum Gasteiger partial charge on any atom is 0.0967 e. The summed E-state index contributed by atoms with van der Waals surface area (Å²) in [6.45, 7) is 18.1. The summed E-state index contributed by atoms with van der Waals surface area (Å²) >= 11 is 0. The van der Waals surface area contributed by atoms with Crippen LogP contribution in [0, 0.1) is 0 Å². The Balaban J connectivity index is 2.04. The van der Waals surface area contributed by atoms with E-state index in [1.807, 2.05) is 73.7 Å². The summed E-state index contributed by atoms with van der Waals surface area (Å²) in [5, 5.41) is 3.16. The molecule has 176 valence electrons. The van der Waals surface area contributed by atoms with Gasteiger partial charge in [0.05, 0.1) is 22.6 Å². The Kier molecular flexibility index (Phi) is 7.31. The second-order valence-electron chi connectivity index (χ2n) is 8.12. The maximum absolute atomic E-state index is 5.06.